The minimum absolute atomic E-state index is 0.511. The number of aromatic nitrogens is 4. The Labute approximate surface area is 303 Å². The predicted octanol–water partition coefficient (Wildman–Crippen LogP) is 4.39. The Hall–Kier alpha value is -5.68. The number of halogens is 6. The van der Waals surface area contributed by atoms with Gasteiger partial charge in [-0.3, -0.25) is 4.90 Å². The highest BCUT2D eigenvalue weighted by atomic mass is 19.4. The van der Waals surface area contributed by atoms with Crippen molar-refractivity contribution >= 4 is 23.3 Å². The predicted molar refractivity (Wildman–Crippen MR) is 178 cm³/mol. The number of pyridine rings is 3. The number of nitrogens with zero attached hydrogens (tertiary/aromatic N) is 7. The maximum absolute atomic E-state index is 10.6. The fraction of sp³-hybridized carbons (Fsp3) is 0.412. The second-order valence-corrected chi connectivity index (χ2v) is 12.6. The third-order valence-corrected chi connectivity index (χ3v) is 8.95. The van der Waals surface area contributed by atoms with Gasteiger partial charge in [-0.25, -0.2) is 24.1 Å². The molecule has 54 heavy (non-hydrogen) atoms. The Morgan fingerprint density at radius 1 is 0.981 bits per heavy atom. The van der Waals surface area contributed by atoms with Crippen LogP contribution in [0.5, 0.6) is 11.6 Å². The highest BCUT2D eigenvalue weighted by molar-refractivity contribution is 5.85. The van der Waals surface area contributed by atoms with Crippen molar-refractivity contribution in [2.75, 3.05) is 44.8 Å². The number of anilines is 1. The van der Waals surface area contributed by atoms with Crippen molar-refractivity contribution in [3.63, 3.8) is 0 Å². The fourth-order valence-corrected chi connectivity index (χ4v) is 6.07. The molecular formula is C34H34F6N8O6. The molecule has 288 valence electrons. The van der Waals surface area contributed by atoms with Crippen LogP contribution < -0.4 is 19.7 Å². The Morgan fingerprint density at radius 3 is 2.15 bits per heavy atom. The number of fused-ring (bicyclic) bond motifs is 3. The molecule has 8 heterocycles. The number of carboxylic acids is 2. The lowest BCUT2D eigenvalue weighted by Crippen LogP contribution is -2.68. The molecule has 2 bridgehead atoms. The van der Waals surface area contributed by atoms with Crippen LogP contribution in [0.4, 0.5) is 32.2 Å². The number of carboxylic acid groups (broad SMARTS) is 2. The summed E-state index contributed by atoms with van der Waals surface area (Å²) >= 11 is 0. The topological polar surface area (TPSA) is 178 Å². The van der Waals surface area contributed by atoms with E-state index in [0.29, 0.717) is 36.1 Å². The minimum Gasteiger partial charge on any atom is -0.492 e. The smallest absolute Gasteiger partial charge is 0.490 e. The van der Waals surface area contributed by atoms with Crippen LogP contribution in [0, 0.1) is 17.2 Å². The summed E-state index contributed by atoms with van der Waals surface area (Å²) in [7, 11) is 1.64. The van der Waals surface area contributed by atoms with Gasteiger partial charge in [-0.2, -0.15) is 36.7 Å². The summed E-state index contributed by atoms with van der Waals surface area (Å²) < 4.78 is 76.5. The summed E-state index contributed by atoms with van der Waals surface area (Å²) in [6.07, 6.45) is -0.647. The number of methoxy groups -OCH3 is 1. The lowest BCUT2D eigenvalue weighted by molar-refractivity contribution is -0.193. The number of nitrogens with one attached hydrogen (secondary N) is 1. The third kappa shape index (κ3) is 9.64. The first kappa shape index (κ1) is 39.5. The first-order valence-corrected chi connectivity index (χ1v) is 16.4. The van der Waals surface area contributed by atoms with Gasteiger partial charge < -0.3 is 29.9 Å². The van der Waals surface area contributed by atoms with Crippen LogP contribution in [0.2, 0.25) is 0 Å². The molecule has 0 amide bonds. The average molecular weight is 765 g/mol. The summed E-state index contributed by atoms with van der Waals surface area (Å²) in [5.74, 6) is -2.46. The number of rotatable bonds is 9. The molecule has 20 heteroatoms. The lowest BCUT2D eigenvalue weighted by atomic mass is 9.87. The van der Waals surface area contributed by atoms with E-state index in [1.54, 1.807) is 17.8 Å². The fourth-order valence-electron chi connectivity index (χ4n) is 6.07. The standard InChI is InChI=1S/C30H32N8O2.2C2HF3O2/c1-39-29-5-2-21(13-34-29)16-37-24-8-25(37)18-36(17-24)28-4-3-22(14-33-28)27-9-26(40-7-6-20-11-32-12-20)19-38-30(27)23(10-31)15-35-38;2*3-2(4,5)1(6)7/h2-5,9,13-15,19-20,24-25,32H,6-8,11-12,16-18H2,1H3;2*(H,6,7). The molecular weight excluding hydrogens is 730 g/mol. The lowest BCUT2D eigenvalue weighted by Gasteiger charge is -2.56. The van der Waals surface area contributed by atoms with Gasteiger partial charge in [-0.15, -0.1) is 0 Å². The average Bonchev–Trinajstić information content (AvgIpc) is 3.54. The second kappa shape index (κ2) is 16.6. The van der Waals surface area contributed by atoms with E-state index in [1.807, 2.05) is 30.7 Å². The summed E-state index contributed by atoms with van der Waals surface area (Å²) in [4.78, 5) is 32.0. The van der Waals surface area contributed by atoms with Crippen molar-refractivity contribution in [1.29, 1.82) is 5.26 Å². The number of piperazine rings is 1. The molecule has 4 saturated heterocycles. The molecule has 2 unspecified atom stereocenters. The molecule has 0 aromatic carbocycles. The zero-order chi connectivity index (χ0) is 39.2. The number of hydrogen-bond acceptors (Lipinski definition) is 11. The largest absolute Gasteiger partial charge is 0.492 e. The number of alkyl halides is 6. The van der Waals surface area contributed by atoms with E-state index in [1.165, 1.54) is 12.0 Å². The number of hydrogen-bond donors (Lipinski definition) is 3. The highest BCUT2D eigenvalue weighted by Crippen LogP contribution is 2.37. The highest BCUT2D eigenvalue weighted by Gasteiger charge is 2.44. The van der Waals surface area contributed by atoms with Crippen molar-refractivity contribution in [3.8, 4) is 28.8 Å². The molecule has 0 spiro atoms. The van der Waals surface area contributed by atoms with E-state index >= 15 is 0 Å². The molecule has 2 atom stereocenters. The maximum atomic E-state index is 10.6. The van der Waals surface area contributed by atoms with Gasteiger partial charge in [0, 0.05) is 61.3 Å². The van der Waals surface area contributed by atoms with Gasteiger partial charge in [-0.05, 0) is 55.6 Å². The molecule has 4 fully saturated rings. The number of ether oxygens (including phenoxy) is 2. The van der Waals surface area contributed by atoms with E-state index < -0.39 is 24.3 Å². The quantitative estimate of drug-likeness (QED) is 0.205. The van der Waals surface area contributed by atoms with Crippen LogP contribution in [-0.4, -0.2) is 111 Å². The van der Waals surface area contributed by atoms with Crippen molar-refractivity contribution in [2.24, 2.45) is 5.92 Å². The zero-order valence-corrected chi connectivity index (χ0v) is 28.5. The SMILES string of the molecule is COc1ccc(CN2C3CC2CN(c2ccc(-c4cc(OCCC5CNC5)cn5ncc(C#N)c45)cn2)C3)cn1.O=C(O)C(F)(F)F.O=C(O)C(F)(F)F. The van der Waals surface area contributed by atoms with Gasteiger partial charge in [0.1, 0.15) is 17.6 Å². The second-order valence-electron chi connectivity index (χ2n) is 12.6. The van der Waals surface area contributed by atoms with Gasteiger partial charge in [0.2, 0.25) is 5.88 Å². The summed E-state index contributed by atoms with van der Waals surface area (Å²) in [6, 6.07) is 13.5. The zero-order valence-electron chi connectivity index (χ0n) is 28.5. The van der Waals surface area contributed by atoms with E-state index in [4.69, 9.17) is 34.3 Å². The van der Waals surface area contributed by atoms with Crippen molar-refractivity contribution in [1.82, 2.24) is 29.8 Å². The number of nitriles is 1. The van der Waals surface area contributed by atoms with Crippen LogP contribution in [0.3, 0.4) is 0 Å². The molecule has 0 saturated carbocycles. The Balaban J connectivity index is 0.000000342. The Kier molecular flexibility index (Phi) is 12.1. The molecule has 4 aromatic heterocycles. The summed E-state index contributed by atoms with van der Waals surface area (Å²) in [5.41, 5.74) is 4.36. The summed E-state index contributed by atoms with van der Waals surface area (Å²) in [5, 5.41) is 31.7. The number of aliphatic carboxylic acids is 2. The van der Waals surface area contributed by atoms with Gasteiger partial charge in [0.15, 0.2) is 0 Å². The van der Waals surface area contributed by atoms with Crippen molar-refractivity contribution in [2.45, 2.75) is 43.8 Å². The van der Waals surface area contributed by atoms with Gasteiger partial charge in [0.25, 0.3) is 0 Å². The van der Waals surface area contributed by atoms with Gasteiger partial charge >= 0.3 is 24.3 Å². The first-order valence-electron chi connectivity index (χ1n) is 16.4. The molecule has 8 rings (SSSR count). The molecule has 3 N–H and O–H groups in total. The number of piperidine rings is 1. The van der Waals surface area contributed by atoms with E-state index in [2.05, 4.69) is 49.5 Å². The third-order valence-electron chi connectivity index (χ3n) is 8.95. The van der Waals surface area contributed by atoms with Crippen molar-refractivity contribution in [3.05, 3.63) is 66.2 Å². The van der Waals surface area contributed by atoms with Crippen LogP contribution >= 0.6 is 0 Å². The Bertz CT molecular complexity index is 1930. The van der Waals surface area contributed by atoms with Crippen LogP contribution in [0.25, 0.3) is 16.6 Å². The molecule has 4 aromatic rings. The van der Waals surface area contributed by atoms with E-state index in [-0.39, 0.29) is 0 Å². The molecule has 0 aliphatic carbocycles. The van der Waals surface area contributed by atoms with Gasteiger partial charge in [0.05, 0.1) is 37.2 Å². The Morgan fingerprint density at radius 2 is 1.65 bits per heavy atom. The first-order chi connectivity index (χ1) is 25.6. The van der Waals surface area contributed by atoms with Crippen molar-refractivity contribution < 1.29 is 55.6 Å². The normalized spacial score (nSPS) is 18.1. The number of carbonyl (C=O) groups is 2. The van der Waals surface area contributed by atoms with Gasteiger partial charge in [-0.1, -0.05) is 6.07 Å². The minimum atomic E-state index is -5.08. The molecule has 14 nitrogen and oxygen atoms in total. The van der Waals surface area contributed by atoms with E-state index in [0.717, 1.165) is 67.4 Å². The molecule has 4 aliphatic heterocycles. The molecule has 4 aliphatic rings. The molecule has 0 radical (unpaired) electrons. The van der Waals surface area contributed by atoms with Crippen LogP contribution in [0.15, 0.2) is 55.1 Å². The van der Waals surface area contributed by atoms with Crippen LogP contribution in [-0.2, 0) is 16.1 Å². The van der Waals surface area contributed by atoms with E-state index in [9.17, 15) is 31.6 Å². The monoisotopic (exact) mass is 764 g/mol. The summed E-state index contributed by atoms with van der Waals surface area (Å²) in [6.45, 7) is 5.60. The van der Waals surface area contributed by atoms with Crippen LogP contribution in [0.1, 0.15) is 24.0 Å². The maximum Gasteiger partial charge on any atom is 0.490 e.